The maximum atomic E-state index is 10.2. The van der Waals surface area contributed by atoms with Crippen LogP contribution in [0.4, 0.5) is 5.69 Å². The van der Waals surface area contributed by atoms with Crippen molar-refractivity contribution in [2.24, 2.45) is 0 Å². The highest BCUT2D eigenvalue weighted by molar-refractivity contribution is 5.51. The highest BCUT2D eigenvalue weighted by Gasteiger charge is 2.28. The van der Waals surface area contributed by atoms with Gasteiger partial charge in [-0.15, -0.1) is 0 Å². The van der Waals surface area contributed by atoms with E-state index in [9.17, 15) is 5.11 Å². The highest BCUT2D eigenvalue weighted by Crippen LogP contribution is 2.27. The molecule has 0 radical (unpaired) electrons. The predicted octanol–water partition coefficient (Wildman–Crippen LogP) is 2.84. The summed E-state index contributed by atoms with van der Waals surface area (Å²) in [4.78, 5) is 2.30. The molecule has 1 aromatic carbocycles. The van der Waals surface area contributed by atoms with E-state index in [0.29, 0.717) is 6.04 Å². The van der Waals surface area contributed by atoms with Crippen LogP contribution >= 0.6 is 0 Å². The lowest BCUT2D eigenvalue weighted by atomic mass is 9.94. The Balaban J connectivity index is 2.08. The number of aryl methyl sites for hydroxylation is 1. The van der Waals surface area contributed by atoms with Crippen LogP contribution in [-0.2, 0) is 6.54 Å². The SMILES string of the molecule is Cc1cc(N2CCCC(C)(O)C2)ccc1CNC(C)C. The fraction of sp³-hybridized carbons (Fsp3) is 0.647. The van der Waals surface area contributed by atoms with E-state index >= 15 is 0 Å². The Kier molecular flexibility index (Phi) is 4.71. The first-order valence-electron chi connectivity index (χ1n) is 7.68. The van der Waals surface area contributed by atoms with Gasteiger partial charge in [-0.1, -0.05) is 19.9 Å². The van der Waals surface area contributed by atoms with Crippen molar-refractivity contribution in [3.63, 3.8) is 0 Å². The standard InChI is InChI=1S/C17H28N2O/c1-13(2)18-11-15-6-7-16(10-14(15)3)19-9-5-8-17(4,20)12-19/h6-7,10,13,18,20H,5,8-9,11-12H2,1-4H3. The fourth-order valence-corrected chi connectivity index (χ4v) is 2.83. The quantitative estimate of drug-likeness (QED) is 0.887. The molecule has 20 heavy (non-hydrogen) atoms. The molecule has 1 heterocycles. The van der Waals surface area contributed by atoms with Crippen molar-refractivity contribution >= 4 is 5.69 Å². The maximum Gasteiger partial charge on any atom is 0.0794 e. The van der Waals surface area contributed by atoms with Crippen LogP contribution in [0.2, 0.25) is 0 Å². The average Bonchev–Trinajstić information content (AvgIpc) is 2.36. The second kappa shape index (κ2) is 6.15. The molecule has 0 aliphatic carbocycles. The van der Waals surface area contributed by atoms with E-state index in [0.717, 1.165) is 32.5 Å². The summed E-state index contributed by atoms with van der Waals surface area (Å²) in [5.41, 5.74) is 3.35. The highest BCUT2D eigenvalue weighted by atomic mass is 16.3. The molecule has 3 nitrogen and oxygen atoms in total. The van der Waals surface area contributed by atoms with Crippen LogP contribution in [0.15, 0.2) is 18.2 Å². The van der Waals surface area contributed by atoms with Gasteiger partial charge < -0.3 is 15.3 Å². The van der Waals surface area contributed by atoms with E-state index in [1.807, 2.05) is 6.92 Å². The number of aliphatic hydroxyl groups is 1. The van der Waals surface area contributed by atoms with Gasteiger partial charge in [-0.25, -0.2) is 0 Å². The van der Waals surface area contributed by atoms with E-state index in [-0.39, 0.29) is 0 Å². The summed E-state index contributed by atoms with van der Waals surface area (Å²) in [5, 5.41) is 13.7. The first-order chi connectivity index (χ1) is 9.37. The van der Waals surface area contributed by atoms with Gasteiger partial charge in [0.05, 0.1) is 5.60 Å². The number of nitrogens with zero attached hydrogens (tertiary/aromatic N) is 1. The van der Waals surface area contributed by atoms with Gasteiger partial charge in [0.25, 0.3) is 0 Å². The van der Waals surface area contributed by atoms with Gasteiger partial charge in [0, 0.05) is 31.4 Å². The third-order valence-corrected chi connectivity index (χ3v) is 4.07. The minimum atomic E-state index is -0.552. The van der Waals surface area contributed by atoms with E-state index in [2.05, 4.69) is 49.2 Å². The Labute approximate surface area is 123 Å². The molecule has 0 saturated carbocycles. The van der Waals surface area contributed by atoms with E-state index in [1.54, 1.807) is 0 Å². The number of hydrogen-bond acceptors (Lipinski definition) is 3. The minimum absolute atomic E-state index is 0.506. The number of β-amino-alcohol motifs (C(OH)–C–C–N with tert-alkyl or cyclic N) is 1. The zero-order valence-electron chi connectivity index (χ0n) is 13.2. The number of nitrogens with one attached hydrogen (secondary N) is 1. The third-order valence-electron chi connectivity index (χ3n) is 4.07. The molecule has 1 unspecified atom stereocenters. The smallest absolute Gasteiger partial charge is 0.0794 e. The topological polar surface area (TPSA) is 35.5 Å². The first-order valence-corrected chi connectivity index (χ1v) is 7.68. The molecule has 0 amide bonds. The third kappa shape index (κ3) is 3.97. The molecule has 1 saturated heterocycles. The molecule has 1 atom stereocenters. The van der Waals surface area contributed by atoms with Gasteiger partial charge in [0.2, 0.25) is 0 Å². The molecule has 1 fully saturated rings. The second-order valence-electron chi connectivity index (χ2n) is 6.67. The van der Waals surface area contributed by atoms with Crippen LogP contribution in [-0.4, -0.2) is 29.8 Å². The van der Waals surface area contributed by atoms with Crippen molar-refractivity contribution in [3.8, 4) is 0 Å². The Morgan fingerprint density at radius 1 is 1.40 bits per heavy atom. The Hall–Kier alpha value is -1.06. The molecule has 3 heteroatoms. The number of piperidine rings is 1. The summed E-state index contributed by atoms with van der Waals surface area (Å²) in [6, 6.07) is 7.15. The van der Waals surface area contributed by atoms with Gasteiger partial charge in [-0.05, 0) is 49.9 Å². The Morgan fingerprint density at radius 2 is 2.15 bits per heavy atom. The van der Waals surface area contributed by atoms with E-state index in [4.69, 9.17) is 0 Å². The largest absolute Gasteiger partial charge is 0.388 e. The zero-order chi connectivity index (χ0) is 14.8. The van der Waals surface area contributed by atoms with E-state index < -0.39 is 5.60 Å². The van der Waals surface area contributed by atoms with Crippen LogP contribution < -0.4 is 10.2 Å². The van der Waals surface area contributed by atoms with Crippen molar-refractivity contribution in [3.05, 3.63) is 29.3 Å². The van der Waals surface area contributed by atoms with Gasteiger partial charge in [0.1, 0.15) is 0 Å². The van der Waals surface area contributed by atoms with Crippen molar-refractivity contribution in [2.75, 3.05) is 18.0 Å². The molecule has 2 N–H and O–H groups in total. The molecule has 1 aliphatic rings. The van der Waals surface area contributed by atoms with Crippen LogP contribution in [0, 0.1) is 6.92 Å². The predicted molar refractivity (Wildman–Crippen MR) is 85.2 cm³/mol. The van der Waals surface area contributed by atoms with Crippen molar-refractivity contribution in [1.29, 1.82) is 0 Å². The normalized spacial score (nSPS) is 23.4. The summed E-state index contributed by atoms with van der Waals surface area (Å²) < 4.78 is 0. The molecule has 0 aromatic heterocycles. The van der Waals surface area contributed by atoms with Crippen molar-refractivity contribution < 1.29 is 5.11 Å². The van der Waals surface area contributed by atoms with Gasteiger partial charge >= 0.3 is 0 Å². The molecular weight excluding hydrogens is 248 g/mol. The van der Waals surface area contributed by atoms with Gasteiger partial charge in [0.15, 0.2) is 0 Å². The lowest BCUT2D eigenvalue weighted by Gasteiger charge is -2.38. The Morgan fingerprint density at radius 3 is 2.75 bits per heavy atom. The summed E-state index contributed by atoms with van der Waals surface area (Å²) in [7, 11) is 0. The summed E-state index contributed by atoms with van der Waals surface area (Å²) in [5.74, 6) is 0. The van der Waals surface area contributed by atoms with Crippen LogP contribution in [0.25, 0.3) is 0 Å². The summed E-state index contributed by atoms with van der Waals surface area (Å²) in [6.45, 7) is 11.1. The van der Waals surface area contributed by atoms with Gasteiger partial charge in [-0.3, -0.25) is 0 Å². The monoisotopic (exact) mass is 276 g/mol. The number of rotatable bonds is 4. The van der Waals surface area contributed by atoms with E-state index in [1.165, 1.54) is 16.8 Å². The minimum Gasteiger partial charge on any atom is -0.388 e. The number of benzene rings is 1. The molecule has 1 aromatic rings. The van der Waals surface area contributed by atoms with Crippen LogP contribution in [0.5, 0.6) is 0 Å². The molecule has 2 rings (SSSR count). The van der Waals surface area contributed by atoms with Crippen LogP contribution in [0.1, 0.15) is 44.7 Å². The maximum absolute atomic E-state index is 10.2. The summed E-state index contributed by atoms with van der Waals surface area (Å²) >= 11 is 0. The lowest BCUT2D eigenvalue weighted by Crippen LogP contribution is -2.46. The Bertz CT molecular complexity index is 454. The molecule has 1 aliphatic heterocycles. The molecular formula is C17H28N2O. The lowest BCUT2D eigenvalue weighted by molar-refractivity contribution is 0.0449. The fourth-order valence-electron chi connectivity index (χ4n) is 2.83. The van der Waals surface area contributed by atoms with Crippen LogP contribution in [0.3, 0.4) is 0 Å². The number of hydrogen-bond donors (Lipinski definition) is 2. The van der Waals surface area contributed by atoms with Gasteiger partial charge in [-0.2, -0.15) is 0 Å². The molecule has 0 bridgehead atoms. The van der Waals surface area contributed by atoms with Crippen molar-refractivity contribution in [1.82, 2.24) is 5.32 Å². The molecule has 0 spiro atoms. The second-order valence-corrected chi connectivity index (χ2v) is 6.67. The zero-order valence-corrected chi connectivity index (χ0v) is 13.2. The number of anilines is 1. The average molecular weight is 276 g/mol. The summed E-state index contributed by atoms with van der Waals surface area (Å²) in [6.07, 6.45) is 1.96. The van der Waals surface area contributed by atoms with Crippen molar-refractivity contribution in [2.45, 2.75) is 58.7 Å². The molecule has 112 valence electrons. The first kappa shape index (κ1) is 15.3.